The molecule has 0 radical (unpaired) electrons. The van der Waals surface area contributed by atoms with Gasteiger partial charge in [0.25, 0.3) is 0 Å². The summed E-state index contributed by atoms with van der Waals surface area (Å²) in [6.45, 7) is 2.59. The smallest absolute Gasteiger partial charge is 0.196 e. The minimum Gasteiger partial charge on any atom is -0.465 e. The molecule has 0 fully saturated rings. The number of ether oxygens (including phenoxy) is 2. The third-order valence-corrected chi connectivity index (χ3v) is 2.86. The van der Waals surface area contributed by atoms with E-state index in [0.29, 0.717) is 6.61 Å². The van der Waals surface area contributed by atoms with Gasteiger partial charge in [-0.05, 0) is 37.5 Å². The van der Waals surface area contributed by atoms with Gasteiger partial charge >= 0.3 is 0 Å². The van der Waals surface area contributed by atoms with Crippen molar-refractivity contribution < 1.29 is 9.47 Å². The molecule has 19 heavy (non-hydrogen) atoms. The third-order valence-electron chi connectivity index (χ3n) is 2.86. The molecule has 1 atom stereocenters. The zero-order chi connectivity index (χ0) is 13.3. The van der Waals surface area contributed by atoms with Crippen LogP contribution in [0.4, 0.5) is 0 Å². The highest BCUT2D eigenvalue weighted by atomic mass is 16.7. The van der Waals surface area contributed by atoms with E-state index in [0.717, 1.165) is 18.6 Å². The Morgan fingerprint density at radius 3 is 2.84 bits per heavy atom. The average molecular weight is 256 g/mol. The summed E-state index contributed by atoms with van der Waals surface area (Å²) in [5.41, 5.74) is 1.32. The molecule has 100 valence electrons. The number of benzene rings is 1. The molecular weight excluding hydrogens is 236 g/mol. The van der Waals surface area contributed by atoms with Crippen molar-refractivity contribution in [2.24, 2.45) is 0 Å². The van der Waals surface area contributed by atoms with Crippen LogP contribution in [0.15, 0.2) is 66.3 Å². The van der Waals surface area contributed by atoms with Crippen molar-refractivity contribution in [3.05, 3.63) is 66.3 Å². The molecule has 1 aromatic rings. The molecule has 1 aliphatic carbocycles. The first-order chi connectivity index (χ1) is 9.34. The van der Waals surface area contributed by atoms with Gasteiger partial charge in [-0.3, -0.25) is 0 Å². The SMILES string of the molecule is CC(OCCC1=CCC=CC=C1)Oc1ccccc1. The van der Waals surface area contributed by atoms with E-state index in [9.17, 15) is 0 Å². The van der Waals surface area contributed by atoms with Crippen molar-refractivity contribution in [3.8, 4) is 5.75 Å². The van der Waals surface area contributed by atoms with E-state index in [4.69, 9.17) is 9.47 Å². The van der Waals surface area contributed by atoms with Crippen molar-refractivity contribution in [1.29, 1.82) is 0 Å². The fourth-order valence-corrected chi connectivity index (χ4v) is 1.88. The van der Waals surface area contributed by atoms with E-state index in [-0.39, 0.29) is 6.29 Å². The van der Waals surface area contributed by atoms with E-state index in [1.54, 1.807) is 0 Å². The number of hydrogen-bond acceptors (Lipinski definition) is 2. The van der Waals surface area contributed by atoms with Crippen LogP contribution in [0, 0.1) is 0 Å². The lowest BCUT2D eigenvalue weighted by Gasteiger charge is -2.15. The van der Waals surface area contributed by atoms with Gasteiger partial charge in [0.05, 0.1) is 6.61 Å². The summed E-state index contributed by atoms with van der Waals surface area (Å²) in [6, 6.07) is 9.74. The molecule has 0 amide bonds. The first-order valence-corrected chi connectivity index (χ1v) is 6.70. The molecule has 2 nitrogen and oxygen atoms in total. The van der Waals surface area contributed by atoms with Crippen LogP contribution in [0.3, 0.4) is 0 Å². The number of allylic oxidation sites excluding steroid dienone is 5. The first kappa shape index (κ1) is 13.6. The van der Waals surface area contributed by atoms with Gasteiger partial charge in [-0.25, -0.2) is 0 Å². The molecule has 2 rings (SSSR count). The molecule has 0 spiro atoms. The van der Waals surface area contributed by atoms with Gasteiger partial charge in [0.1, 0.15) is 5.75 Å². The Balaban J connectivity index is 1.69. The fourth-order valence-electron chi connectivity index (χ4n) is 1.88. The first-order valence-electron chi connectivity index (χ1n) is 6.70. The highest BCUT2D eigenvalue weighted by molar-refractivity contribution is 5.26. The lowest BCUT2D eigenvalue weighted by Crippen LogP contribution is -2.17. The van der Waals surface area contributed by atoms with Gasteiger partial charge in [-0.1, -0.05) is 48.6 Å². The zero-order valence-electron chi connectivity index (χ0n) is 11.3. The molecule has 0 saturated carbocycles. The maximum absolute atomic E-state index is 5.67. The average Bonchev–Trinajstić information content (AvgIpc) is 2.68. The summed E-state index contributed by atoms with van der Waals surface area (Å²) in [5, 5.41) is 0. The summed E-state index contributed by atoms with van der Waals surface area (Å²) in [6.07, 6.45) is 12.3. The van der Waals surface area contributed by atoms with Gasteiger partial charge < -0.3 is 9.47 Å². The van der Waals surface area contributed by atoms with Crippen LogP contribution in [0.2, 0.25) is 0 Å². The van der Waals surface area contributed by atoms with E-state index in [1.165, 1.54) is 5.57 Å². The molecule has 1 aliphatic rings. The Morgan fingerprint density at radius 1 is 1.16 bits per heavy atom. The lowest BCUT2D eigenvalue weighted by molar-refractivity contribution is -0.0652. The number of rotatable bonds is 6. The molecule has 0 aliphatic heterocycles. The predicted octanol–water partition coefficient (Wildman–Crippen LogP) is 4.26. The van der Waals surface area contributed by atoms with Crippen LogP contribution in [0.1, 0.15) is 19.8 Å². The summed E-state index contributed by atoms with van der Waals surface area (Å²) in [7, 11) is 0. The van der Waals surface area contributed by atoms with Crippen molar-refractivity contribution in [1.82, 2.24) is 0 Å². The van der Waals surface area contributed by atoms with Gasteiger partial charge in [-0.15, -0.1) is 0 Å². The van der Waals surface area contributed by atoms with Crippen LogP contribution in [0.25, 0.3) is 0 Å². The predicted molar refractivity (Wildman–Crippen MR) is 78.1 cm³/mol. The van der Waals surface area contributed by atoms with Gasteiger partial charge in [0.2, 0.25) is 0 Å². The second-order valence-corrected chi connectivity index (χ2v) is 4.42. The summed E-state index contributed by atoms with van der Waals surface area (Å²) in [5.74, 6) is 0.841. The van der Waals surface area contributed by atoms with Crippen LogP contribution >= 0.6 is 0 Å². The van der Waals surface area contributed by atoms with E-state index >= 15 is 0 Å². The minimum absolute atomic E-state index is 0.226. The molecular formula is C17H20O2. The lowest BCUT2D eigenvalue weighted by atomic mass is 10.1. The molecule has 0 saturated heterocycles. The van der Waals surface area contributed by atoms with Crippen LogP contribution in [0.5, 0.6) is 5.75 Å². The van der Waals surface area contributed by atoms with Crippen molar-refractivity contribution in [2.45, 2.75) is 26.1 Å². The van der Waals surface area contributed by atoms with E-state index in [2.05, 4.69) is 30.4 Å². The largest absolute Gasteiger partial charge is 0.465 e. The Labute approximate surface area is 115 Å². The normalized spacial score (nSPS) is 15.7. The second-order valence-electron chi connectivity index (χ2n) is 4.42. The van der Waals surface area contributed by atoms with E-state index < -0.39 is 0 Å². The molecule has 1 aromatic carbocycles. The second kappa shape index (κ2) is 7.59. The number of hydrogen-bond donors (Lipinski definition) is 0. The summed E-state index contributed by atoms with van der Waals surface area (Å²) in [4.78, 5) is 0. The zero-order valence-corrected chi connectivity index (χ0v) is 11.3. The van der Waals surface area contributed by atoms with Gasteiger partial charge in [0, 0.05) is 0 Å². The fraction of sp³-hybridized carbons (Fsp3) is 0.294. The molecule has 1 unspecified atom stereocenters. The molecule has 0 heterocycles. The molecule has 2 heteroatoms. The van der Waals surface area contributed by atoms with Crippen molar-refractivity contribution in [3.63, 3.8) is 0 Å². The van der Waals surface area contributed by atoms with Crippen LogP contribution < -0.4 is 4.74 Å². The highest BCUT2D eigenvalue weighted by Crippen LogP contribution is 2.13. The maximum Gasteiger partial charge on any atom is 0.196 e. The topological polar surface area (TPSA) is 18.5 Å². The molecule has 0 aromatic heterocycles. The standard InChI is InChI=1S/C17H20O2/c1-15(19-17-11-7-4-8-12-17)18-14-13-16-9-5-2-3-6-10-16/h2-5,7-12,15H,6,13-14H2,1H3. The molecule has 0 N–H and O–H groups in total. The van der Waals surface area contributed by atoms with Crippen molar-refractivity contribution >= 4 is 0 Å². The van der Waals surface area contributed by atoms with Crippen LogP contribution in [-0.2, 0) is 4.74 Å². The summed E-state index contributed by atoms with van der Waals surface area (Å²) < 4.78 is 11.3. The highest BCUT2D eigenvalue weighted by Gasteiger charge is 2.04. The summed E-state index contributed by atoms with van der Waals surface area (Å²) >= 11 is 0. The number of para-hydroxylation sites is 1. The quantitative estimate of drug-likeness (QED) is 0.708. The van der Waals surface area contributed by atoms with Crippen LogP contribution in [-0.4, -0.2) is 12.9 Å². The van der Waals surface area contributed by atoms with E-state index in [1.807, 2.05) is 37.3 Å². The van der Waals surface area contributed by atoms with Gasteiger partial charge in [-0.2, -0.15) is 0 Å². The maximum atomic E-state index is 5.67. The Morgan fingerprint density at radius 2 is 2.00 bits per heavy atom. The Kier molecular flexibility index (Phi) is 5.45. The monoisotopic (exact) mass is 256 g/mol. The van der Waals surface area contributed by atoms with Gasteiger partial charge in [0.15, 0.2) is 6.29 Å². The van der Waals surface area contributed by atoms with Crippen molar-refractivity contribution in [2.75, 3.05) is 6.61 Å². The Bertz CT molecular complexity index is 457. The Hall–Kier alpha value is -1.80. The minimum atomic E-state index is -0.226. The molecule has 0 bridgehead atoms. The third kappa shape index (κ3) is 5.14.